The van der Waals surface area contributed by atoms with Crippen LogP contribution in [0.5, 0.6) is 0 Å². The summed E-state index contributed by atoms with van der Waals surface area (Å²) < 4.78 is 0. The smallest absolute Gasteiger partial charge is 0.243 e. The highest BCUT2D eigenvalue weighted by Crippen LogP contribution is 2.11. The molecule has 0 saturated carbocycles. The van der Waals surface area contributed by atoms with E-state index < -0.39 is 0 Å². The van der Waals surface area contributed by atoms with E-state index in [1.807, 2.05) is 12.2 Å². The quantitative estimate of drug-likeness (QED) is 0.167. The molecule has 0 aromatic carbocycles. The molecule has 2 nitrogen and oxygen atoms in total. The molecule has 0 fully saturated rings. The minimum Gasteiger partial charge on any atom is -0.352 e. The van der Waals surface area contributed by atoms with Crippen LogP contribution >= 0.6 is 0 Å². The standard InChI is InChI=1S/C24H43NO/c1-4-5-6-7-8-9-10-11-12-13-14-15-16-17-18-19-20-21-24(26)25-22-23(2)3/h16-21,23H,4-15,22H2,1-3H3,(H,25,26). The Balaban J connectivity index is 3.38. The van der Waals surface area contributed by atoms with Crippen LogP contribution in [0.4, 0.5) is 0 Å². The SMILES string of the molecule is CCCCCCCCCCCCCC=CC=CC=CC(=O)NCC(C)C. The zero-order valence-corrected chi connectivity index (χ0v) is 17.6. The molecule has 1 N–H and O–H groups in total. The van der Waals surface area contributed by atoms with Crippen molar-refractivity contribution in [2.24, 2.45) is 5.92 Å². The third-order valence-electron chi connectivity index (χ3n) is 4.38. The number of amides is 1. The lowest BCUT2D eigenvalue weighted by atomic mass is 10.1. The van der Waals surface area contributed by atoms with Crippen LogP contribution in [0.15, 0.2) is 36.5 Å². The van der Waals surface area contributed by atoms with Gasteiger partial charge in [0.25, 0.3) is 0 Å². The van der Waals surface area contributed by atoms with Gasteiger partial charge in [-0.3, -0.25) is 4.79 Å². The minimum atomic E-state index is -0.0201. The van der Waals surface area contributed by atoms with Gasteiger partial charge in [-0.05, 0) is 18.8 Å². The number of nitrogens with one attached hydrogen (secondary N) is 1. The summed E-state index contributed by atoms with van der Waals surface area (Å²) >= 11 is 0. The number of hydrogen-bond donors (Lipinski definition) is 1. The normalized spacial score (nSPS) is 12.2. The van der Waals surface area contributed by atoms with Crippen LogP contribution in [0, 0.1) is 5.92 Å². The fourth-order valence-electron chi connectivity index (χ4n) is 2.74. The van der Waals surface area contributed by atoms with Gasteiger partial charge in [-0.1, -0.05) is 115 Å². The highest BCUT2D eigenvalue weighted by molar-refractivity contribution is 5.87. The monoisotopic (exact) mass is 361 g/mol. The molecular formula is C24H43NO. The van der Waals surface area contributed by atoms with Crippen molar-refractivity contribution >= 4 is 5.91 Å². The van der Waals surface area contributed by atoms with E-state index in [0.717, 1.165) is 13.0 Å². The fraction of sp³-hybridized carbons (Fsp3) is 0.708. The molecular weight excluding hydrogens is 318 g/mol. The van der Waals surface area contributed by atoms with Gasteiger partial charge in [-0.15, -0.1) is 0 Å². The van der Waals surface area contributed by atoms with E-state index in [0.29, 0.717) is 5.92 Å². The van der Waals surface area contributed by atoms with E-state index in [9.17, 15) is 4.79 Å². The third kappa shape index (κ3) is 20.7. The van der Waals surface area contributed by atoms with Crippen molar-refractivity contribution in [3.8, 4) is 0 Å². The van der Waals surface area contributed by atoms with Gasteiger partial charge in [0.05, 0.1) is 0 Å². The van der Waals surface area contributed by atoms with Crippen molar-refractivity contribution in [1.82, 2.24) is 5.32 Å². The molecule has 0 aromatic heterocycles. The molecule has 0 aliphatic rings. The maximum Gasteiger partial charge on any atom is 0.243 e. The molecule has 0 rings (SSSR count). The first-order valence-electron chi connectivity index (χ1n) is 10.9. The zero-order valence-electron chi connectivity index (χ0n) is 17.6. The Morgan fingerprint density at radius 3 is 1.88 bits per heavy atom. The molecule has 150 valence electrons. The van der Waals surface area contributed by atoms with Crippen molar-refractivity contribution in [3.05, 3.63) is 36.5 Å². The van der Waals surface area contributed by atoms with Gasteiger partial charge < -0.3 is 5.32 Å². The molecule has 1 amide bonds. The van der Waals surface area contributed by atoms with Crippen LogP contribution in [-0.4, -0.2) is 12.5 Å². The van der Waals surface area contributed by atoms with Gasteiger partial charge in [0.2, 0.25) is 5.91 Å². The van der Waals surface area contributed by atoms with Gasteiger partial charge in [-0.25, -0.2) is 0 Å². The zero-order chi connectivity index (χ0) is 19.3. The summed E-state index contributed by atoms with van der Waals surface area (Å²) in [5, 5.41) is 2.86. The molecule has 0 heterocycles. The van der Waals surface area contributed by atoms with Crippen LogP contribution in [-0.2, 0) is 4.79 Å². The molecule has 0 radical (unpaired) electrons. The second kappa shape index (κ2) is 20.0. The second-order valence-electron chi connectivity index (χ2n) is 7.64. The molecule has 0 aliphatic heterocycles. The van der Waals surface area contributed by atoms with Crippen LogP contribution in [0.2, 0.25) is 0 Å². The Labute approximate surface area is 163 Å². The molecule has 2 heteroatoms. The van der Waals surface area contributed by atoms with E-state index >= 15 is 0 Å². The predicted molar refractivity (Wildman–Crippen MR) is 116 cm³/mol. The van der Waals surface area contributed by atoms with E-state index in [2.05, 4.69) is 38.2 Å². The Bertz CT molecular complexity index is 393. The average molecular weight is 362 g/mol. The van der Waals surface area contributed by atoms with Crippen LogP contribution in [0.1, 0.15) is 97.8 Å². The molecule has 0 spiro atoms. The minimum absolute atomic E-state index is 0.0201. The predicted octanol–water partition coefficient (Wildman–Crippen LogP) is 7.13. The molecule has 0 atom stereocenters. The molecule has 0 aliphatic carbocycles. The van der Waals surface area contributed by atoms with Gasteiger partial charge in [0.1, 0.15) is 0 Å². The van der Waals surface area contributed by atoms with E-state index in [-0.39, 0.29) is 5.91 Å². The van der Waals surface area contributed by atoms with Crippen molar-refractivity contribution in [1.29, 1.82) is 0 Å². The molecule has 0 saturated heterocycles. The first kappa shape index (κ1) is 24.7. The van der Waals surface area contributed by atoms with Gasteiger partial charge >= 0.3 is 0 Å². The summed E-state index contributed by atoms with van der Waals surface area (Å²) in [5.41, 5.74) is 0. The lowest BCUT2D eigenvalue weighted by Crippen LogP contribution is -2.25. The highest BCUT2D eigenvalue weighted by atomic mass is 16.1. The largest absolute Gasteiger partial charge is 0.352 e. The summed E-state index contributed by atoms with van der Waals surface area (Å²) in [7, 11) is 0. The number of unbranched alkanes of at least 4 members (excludes halogenated alkanes) is 11. The Hall–Kier alpha value is -1.31. The summed E-state index contributed by atoms with van der Waals surface area (Å²) in [5.74, 6) is 0.467. The molecule has 0 aromatic rings. The first-order valence-corrected chi connectivity index (χ1v) is 10.9. The molecule has 0 unspecified atom stereocenters. The fourth-order valence-corrected chi connectivity index (χ4v) is 2.74. The lowest BCUT2D eigenvalue weighted by molar-refractivity contribution is -0.116. The van der Waals surface area contributed by atoms with Gasteiger partial charge in [0.15, 0.2) is 0 Å². The van der Waals surface area contributed by atoms with Crippen LogP contribution in [0.3, 0.4) is 0 Å². The number of rotatable bonds is 17. The van der Waals surface area contributed by atoms with E-state index in [1.54, 1.807) is 12.2 Å². The van der Waals surface area contributed by atoms with Gasteiger partial charge in [-0.2, -0.15) is 0 Å². The number of allylic oxidation sites excluding steroid dienone is 5. The summed E-state index contributed by atoms with van der Waals surface area (Å²) in [4.78, 5) is 11.5. The van der Waals surface area contributed by atoms with E-state index in [1.165, 1.54) is 70.6 Å². The Morgan fingerprint density at radius 2 is 1.31 bits per heavy atom. The van der Waals surface area contributed by atoms with Crippen molar-refractivity contribution in [3.63, 3.8) is 0 Å². The summed E-state index contributed by atoms with van der Waals surface area (Å²) in [6.07, 6.45) is 28.0. The first-order chi connectivity index (χ1) is 12.7. The maximum atomic E-state index is 11.5. The Morgan fingerprint density at radius 1 is 0.769 bits per heavy atom. The number of carbonyl (C=O) groups excluding carboxylic acids is 1. The maximum absolute atomic E-state index is 11.5. The Kier molecular flexibility index (Phi) is 19.0. The van der Waals surface area contributed by atoms with Gasteiger partial charge in [0, 0.05) is 12.6 Å². The topological polar surface area (TPSA) is 29.1 Å². The van der Waals surface area contributed by atoms with Crippen molar-refractivity contribution < 1.29 is 4.79 Å². The van der Waals surface area contributed by atoms with Crippen LogP contribution < -0.4 is 5.32 Å². The second-order valence-corrected chi connectivity index (χ2v) is 7.64. The number of carbonyl (C=O) groups is 1. The summed E-state index contributed by atoms with van der Waals surface area (Å²) in [6.45, 7) is 7.18. The van der Waals surface area contributed by atoms with E-state index in [4.69, 9.17) is 0 Å². The number of hydrogen-bond acceptors (Lipinski definition) is 1. The third-order valence-corrected chi connectivity index (χ3v) is 4.38. The summed E-state index contributed by atoms with van der Waals surface area (Å²) in [6, 6.07) is 0. The molecule has 26 heavy (non-hydrogen) atoms. The average Bonchev–Trinajstić information content (AvgIpc) is 2.62. The van der Waals surface area contributed by atoms with Crippen LogP contribution in [0.25, 0.3) is 0 Å². The van der Waals surface area contributed by atoms with Crippen molar-refractivity contribution in [2.45, 2.75) is 97.8 Å². The lowest BCUT2D eigenvalue weighted by Gasteiger charge is -2.03. The highest BCUT2D eigenvalue weighted by Gasteiger charge is 1.95. The van der Waals surface area contributed by atoms with Crippen molar-refractivity contribution in [2.75, 3.05) is 6.54 Å². The molecule has 0 bridgehead atoms.